The van der Waals surface area contributed by atoms with E-state index in [0.29, 0.717) is 5.56 Å². The van der Waals surface area contributed by atoms with Crippen molar-refractivity contribution in [3.8, 4) is 0 Å². The summed E-state index contributed by atoms with van der Waals surface area (Å²) in [4.78, 5) is -0.0594. The van der Waals surface area contributed by atoms with Crippen molar-refractivity contribution in [2.24, 2.45) is 0 Å². The zero-order valence-electron chi connectivity index (χ0n) is 7.93. The molecule has 1 N–H and O–H groups in total. The lowest BCUT2D eigenvalue weighted by Crippen LogP contribution is -2.00. The standard InChI is InChI=1S/C10H11BrO3S/c11-8-4-3-6-9-5-1-2-7-10(9)15(12,13)14/h1-3,5-7H,4,8H2,(H,12,13,14). The van der Waals surface area contributed by atoms with E-state index in [1.807, 2.05) is 6.08 Å². The summed E-state index contributed by atoms with van der Waals surface area (Å²) in [5, 5.41) is 0.817. The van der Waals surface area contributed by atoms with Gasteiger partial charge in [-0.1, -0.05) is 46.3 Å². The van der Waals surface area contributed by atoms with Crippen LogP contribution in [0.5, 0.6) is 0 Å². The normalized spacial score (nSPS) is 12.1. The fourth-order valence-corrected chi connectivity index (χ4v) is 2.08. The molecule has 15 heavy (non-hydrogen) atoms. The molecule has 0 saturated carbocycles. The summed E-state index contributed by atoms with van der Waals surface area (Å²) in [6.07, 6.45) is 4.34. The van der Waals surface area contributed by atoms with Crippen LogP contribution in [0.2, 0.25) is 0 Å². The molecule has 0 bridgehead atoms. The SMILES string of the molecule is O=S(=O)(O)c1ccccc1C=CCCBr. The van der Waals surface area contributed by atoms with Crippen molar-refractivity contribution in [3.63, 3.8) is 0 Å². The third kappa shape index (κ3) is 3.77. The van der Waals surface area contributed by atoms with Crippen molar-refractivity contribution in [2.45, 2.75) is 11.3 Å². The van der Waals surface area contributed by atoms with Gasteiger partial charge in [-0.15, -0.1) is 0 Å². The molecule has 0 aromatic heterocycles. The third-order valence-electron chi connectivity index (χ3n) is 1.77. The van der Waals surface area contributed by atoms with Crippen LogP contribution in [-0.2, 0) is 10.1 Å². The number of allylic oxidation sites excluding steroid dienone is 1. The molecule has 82 valence electrons. The average molecular weight is 291 g/mol. The van der Waals surface area contributed by atoms with E-state index in [9.17, 15) is 8.42 Å². The molecule has 3 nitrogen and oxygen atoms in total. The molecular weight excluding hydrogens is 280 g/mol. The molecule has 0 aliphatic carbocycles. The maximum absolute atomic E-state index is 11.0. The van der Waals surface area contributed by atoms with Crippen molar-refractivity contribution < 1.29 is 13.0 Å². The molecule has 1 rings (SSSR count). The van der Waals surface area contributed by atoms with Gasteiger partial charge in [-0.05, 0) is 18.1 Å². The van der Waals surface area contributed by atoms with Crippen molar-refractivity contribution in [2.75, 3.05) is 5.33 Å². The van der Waals surface area contributed by atoms with Gasteiger partial charge in [0.25, 0.3) is 10.1 Å². The van der Waals surface area contributed by atoms with Gasteiger partial charge in [-0.2, -0.15) is 8.42 Å². The van der Waals surface area contributed by atoms with E-state index >= 15 is 0 Å². The number of rotatable bonds is 4. The van der Waals surface area contributed by atoms with Gasteiger partial charge in [-0.3, -0.25) is 4.55 Å². The fourth-order valence-electron chi connectivity index (χ4n) is 1.13. The Hall–Kier alpha value is -0.650. The van der Waals surface area contributed by atoms with Gasteiger partial charge in [0.05, 0.1) is 0 Å². The second-order valence-corrected chi connectivity index (χ2v) is 5.08. The van der Waals surface area contributed by atoms with E-state index in [-0.39, 0.29) is 4.90 Å². The third-order valence-corrected chi connectivity index (χ3v) is 3.16. The second-order valence-electron chi connectivity index (χ2n) is 2.89. The summed E-state index contributed by atoms with van der Waals surface area (Å²) in [5.41, 5.74) is 0.501. The van der Waals surface area contributed by atoms with Gasteiger partial charge >= 0.3 is 0 Å². The molecule has 0 aliphatic rings. The first-order valence-electron chi connectivity index (χ1n) is 4.34. The molecule has 0 fully saturated rings. The first-order chi connectivity index (χ1) is 7.05. The van der Waals surface area contributed by atoms with Crippen LogP contribution < -0.4 is 0 Å². The van der Waals surface area contributed by atoms with E-state index in [2.05, 4.69) is 15.9 Å². The van der Waals surface area contributed by atoms with Gasteiger partial charge in [0, 0.05) is 5.33 Å². The molecule has 0 aliphatic heterocycles. The lowest BCUT2D eigenvalue weighted by atomic mass is 10.2. The molecule has 1 aromatic carbocycles. The van der Waals surface area contributed by atoms with Crippen molar-refractivity contribution in [1.29, 1.82) is 0 Å². The van der Waals surface area contributed by atoms with Crippen molar-refractivity contribution in [3.05, 3.63) is 35.9 Å². The molecule has 0 saturated heterocycles. The molecule has 1 aromatic rings. The van der Waals surface area contributed by atoms with Gasteiger partial charge in [0.1, 0.15) is 4.90 Å². The Morgan fingerprint density at radius 3 is 2.60 bits per heavy atom. The van der Waals surface area contributed by atoms with Gasteiger partial charge in [0.15, 0.2) is 0 Å². The molecule has 0 spiro atoms. The van der Waals surface area contributed by atoms with Gasteiger partial charge < -0.3 is 0 Å². The lowest BCUT2D eigenvalue weighted by Gasteiger charge is -2.01. The van der Waals surface area contributed by atoms with E-state index in [0.717, 1.165) is 11.8 Å². The maximum atomic E-state index is 11.0. The predicted molar refractivity (Wildman–Crippen MR) is 63.7 cm³/mol. The Kier molecular flexibility index (Phi) is 4.50. The molecular formula is C10H11BrO3S. The molecule has 0 amide bonds. The summed E-state index contributed by atoms with van der Waals surface area (Å²) >= 11 is 3.26. The van der Waals surface area contributed by atoms with E-state index in [1.165, 1.54) is 6.07 Å². The largest absolute Gasteiger partial charge is 0.295 e. The Morgan fingerprint density at radius 2 is 2.00 bits per heavy atom. The summed E-state index contributed by atoms with van der Waals surface area (Å²) in [6, 6.07) is 6.32. The smallest absolute Gasteiger partial charge is 0.282 e. The monoisotopic (exact) mass is 290 g/mol. The molecule has 0 atom stereocenters. The van der Waals surface area contributed by atoms with Gasteiger partial charge in [0.2, 0.25) is 0 Å². The summed E-state index contributed by atoms with van der Waals surface area (Å²) < 4.78 is 31.0. The number of hydrogen-bond donors (Lipinski definition) is 1. The van der Waals surface area contributed by atoms with E-state index in [4.69, 9.17) is 4.55 Å². The number of hydrogen-bond acceptors (Lipinski definition) is 2. The van der Waals surface area contributed by atoms with Crippen LogP contribution in [0.3, 0.4) is 0 Å². The first kappa shape index (κ1) is 12.4. The molecule has 0 radical (unpaired) electrons. The van der Waals surface area contributed by atoms with Crippen LogP contribution in [-0.4, -0.2) is 18.3 Å². The van der Waals surface area contributed by atoms with Crippen LogP contribution >= 0.6 is 15.9 Å². The highest BCUT2D eigenvalue weighted by atomic mass is 79.9. The van der Waals surface area contributed by atoms with Gasteiger partial charge in [-0.25, -0.2) is 0 Å². The number of benzene rings is 1. The highest BCUT2D eigenvalue weighted by Gasteiger charge is 2.12. The average Bonchev–Trinajstić information content (AvgIpc) is 2.17. The van der Waals surface area contributed by atoms with Crippen LogP contribution in [0.1, 0.15) is 12.0 Å². The molecule has 5 heteroatoms. The Morgan fingerprint density at radius 1 is 1.33 bits per heavy atom. The maximum Gasteiger partial charge on any atom is 0.295 e. The predicted octanol–water partition coefficient (Wildman–Crippen LogP) is 2.73. The van der Waals surface area contributed by atoms with E-state index in [1.54, 1.807) is 24.3 Å². The van der Waals surface area contributed by atoms with Crippen molar-refractivity contribution >= 4 is 32.1 Å². The lowest BCUT2D eigenvalue weighted by molar-refractivity contribution is 0.483. The second kappa shape index (κ2) is 5.44. The zero-order chi connectivity index (χ0) is 11.3. The Bertz CT molecular complexity index is 451. The topological polar surface area (TPSA) is 54.4 Å². The fraction of sp³-hybridized carbons (Fsp3) is 0.200. The summed E-state index contributed by atoms with van der Waals surface area (Å²) in [6.45, 7) is 0. The molecule has 0 heterocycles. The summed E-state index contributed by atoms with van der Waals surface area (Å²) in [7, 11) is -4.13. The number of alkyl halides is 1. The minimum atomic E-state index is -4.13. The Balaban J connectivity index is 3.08. The molecule has 0 unspecified atom stereocenters. The Labute approximate surface area is 97.7 Å². The highest BCUT2D eigenvalue weighted by molar-refractivity contribution is 9.09. The van der Waals surface area contributed by atoms with Crippen molar-refractivity contribution in [1.82, 2.24) is 0 Å². The quantitative estimate of drug-likeness (QED) is 0.685. The van der Waals surface area contributed by atoms with Crippen LogP contribution in [0.4, 0.5) is 0 Å². The minimum absolute atomic E-state index is 0.0594. The van der Waals surface area contributed by atoms with Crippen LogP contribution in [0.25, 0.3) is 6.08 Å². The van der Waals surface area contributed by atoms with Crippen LogP contribution in [0, 0.1) is 0 Å². The zero-order valence-corrected chi connectivity index (χ0v) is 10.3. The number of halogens is 1. The summed E-state index contributed by atoms with van der Waals surface area (Å²) in [5.74, 6) is 0. The minimum Gasteiger partial charge on any atom is -0.282 e. The van der Waals surface area contributed by atoms with E-state index < -0.39 is 10.1 Å². The highest BCUT2D eigenvalue weighted by Crippen LogP contribution is 2.16. The first-order valence-corrected chi connectivity index (χ1v) is 6.91. The van der Waals surface area contributed by atoms with Crippen LogP contribution in [0.15, 0.2) is 35.2 Å².